The summed E-state index contributed by atoms with van der Waals surface area (Å²) in [4.78, 5) is 38.9. The summed E-state index contributed by atoms with van der Waals surface area (Å²) in [6, 6.07) is 12.7. The van der Waals surface area contributed by atoms with Crippen LogP contribution in [0.15, 0.2) is 60.7 Å². The first-order valence-corrected chi connectivity index (χ1v) is 13.2. The molecule has 0 radical (unpaired) electrons. The van der Waals surface area contributed by atoms with Crippen molar-refractivity contribution in [3.63, 3.8) is 0 Å². The zero-order valence-corrected chi connectivity index (χ0v) is 21.9. The van der Waals surface area contributed by atoms with Gasteiger partial charge in [-0.15, -0.1) is 0 Å². The second-order valence-corrected chi connectivity index (χ2v) is 9.83. The highest BCUT2D eigenvalue weighted by Crippen LogP contribution is 2.27. The number of allylic oxidation sites excluding steroid dienone is 1. The van der Waals surface area contributed by atoms with Crippen molar-refractivity contribution in [2.75, 3.05) is 19.7 Å². The first-order valence-electron chi connectivity index (χ1n) is 13.2. The number of fused-ring (bicyclic) bond motifs is 1. The van der Waals surface area contributed by atoms with Gasteiger partial charge in [-0.1, -0.05) is 37.3 Å². The summed E-state index contributed by atoms with van der Waals surface area (Å²) in [5.74, 6) is -3.81. The number of ether oxygens (including phenoxy) is 1. The van der Waals surface area contributed by atoms with E-state index in [1.807, 2.05) is 25.1 Å². The van der Waals surface area contributed by atoms with E-state index in [1.165, 1.54) is 30.3 Å². The van der Waals surface area contributed by atoms with E-state index in [-0.39, 0.29) is 47.4 Å². The molecule has 0 aromatic heterocycles. The highest BCUT2D eigenvalue weighted by molar-refractivity contribution is 6.11. The molecule has 7 nitrogen and oxygen atoms in total. The average Bonchev–Trinajstić information content (AvgIpc) is 3.62. The van der Waals surface area contributed by atoms with Crippen molar-refractivity contribution in [3.05, 3.63) is 106 Å². The summed E-state index contributed by atoms with van der Waals surface area (Å²) in [5.41, 5.74) is 2.66. The maximum absolute atomic E-state index is 14.6. The van der Waals surface area contributed by atoms with Crippen LogP contribution in [0.25, 0.3) is 6.08 Å². The number of carbonyl (C=O) groups is 3. The number of ketones is 1. The average molecular weight is 546 g/mol. The molecule has 3 aromatic carbocycles. The Balaban J connectivity index is 1.24. The summed E-state index contributed by atoms with van der Waals surface area (Å²) in [6.45, 7) is 3.07. The van der Waals surface area contributed by atoms with Crippen LogP contribution in [-0.4, -0.2) is 49.4 Å². The Kier molecular flexibility index (Phi) is 8.02. The lowest BCUT2D eigenvalue weighted by atomic mass is 10.00. The normalized spacial score (nSPS) is 17.4. The van der Waals surface area contributed by atoms with Crippen molar-refractivity contribution in [2.24, 2.45) is 0 Å². The highest BCUT2D eigenvalue weighted by atomic mass is 19.2. The topological polar surface area (TPSA) is 96.5 Å². The Morgan fingerprint density at radius 2 is 1.55 bits per heavy atom. The molecule has 1 aliphatic heterocycles. The summed E-state index contributed by atoms with van der Waals surface area (Å²) in [7, 11) is 0. The standard InChI is InChI=1S/C31H29F2N3O4/c1-2-14-40-26-13-12-23(32)28(33)27(26)29(37)19-7-9-20(10-8-19)30(38)35-24-16-34-17-25(24)36-31(39)22-11-6-18-4-3-5-21(18)15-22/h3-4,6-13,15,24-25,34H,2,5,14,16-17H2,1H3,(H,35,38)(H,36,39)/t24-,25-/m1/s1. The van der Waals surface area contributed by atoms with Crippen LogP contribution in [0.2, 0.25) is 0 Å². The molecule has 40 heavy (non-hydrogen) atoms. The zero-order chi connectivity index (χ0) is 28.2. The van der Waals surface area contributed by atoms with E-state index in [0.29, 0.717) is 25.1 Å². The van der Waals surface area contributed by atoms with E-state index < -0.39 is 23.0 Å². The first kappa shape index (κ1) is 27.2. The van der Waals surface area contributed by atoms with Gasteiger partial charge in [0.2, 0.25) is 0 Å². The van der Waals surface area contributed by atoms with Crippen LogP contribution < -0.4 is 20.7 Å². The van der Waals surface area contributed by atoms with E-state index in [4.69, 9.17) is 4.74 Å². The molecule has 5 rings (SSSR count). The third kappa shape index (κ3) is 5.65. The van der Waals surface area contributed by atoms with Gasteiger partial charge in [0.05, 0.1) is 18.7 Å². The molecule has 1 heterocycles. The third-order valence-corrected chi connectivity index (χ3v) is 7.04. The quantitative estimate of drug-likeness (QED) is 0.353. The molecule has 0 spiro atoms. The summed E-state index contributed by atoms with van der Waals surface area (Å²) in [5, 5.41) is 9.13. The lowest BCUT2D eigenvalue weighted by molar-refractivity contribution is 0.0896. The number of hydrogen-bond acceptors (Lipinski definition) is 5. The van der Waals surface area contributed by atoms with E-state index in [9.17, 15) is 23.2 Å². The molecule has 2 aliphatic rings. The zero-order valence-electron chi connectivity index (χ0n) is 21.9. The largest absolute Gasteiger partial charge is 0.493 e. The van der Waals surface area contributed by atoms with Crippen molar-refractivity contribution >= 4 is 23.7 Å². The molecule has 1 fully saturated rings. The Morgan fingerprint density at radius 1 is 0.900 bits per heavy atom. The SMILES string of the molecule is CCCOc1ccc(F)c(F)c1C(=O)c1ccc(C(=O)N[C@@H]2CNC[C@H]2NC(=O)c2ccc3c(c2)CC=C3)cc1. The van der Waals surface area contributed by atoms with Gasteiger partial charge in [0.15, 0.2) is 17.4 Å². The molecule has 2 amide bonds. The summed E-state index contributed by atoms with van der Waals surface area (Å²) >= 11 is 0. The van der Waals surface area contributed by atoms with Crippen molar-refractivity contribution in [1.29, 1.82) is 0 Å². The van der Waals surface area contributed by atoms with Crippen LogP contribution in [0, 0.1) is 11.6 Å². The smallest absolute Gasteiger partial charge is 0.251 e. The first-order chi connectivity index (χ1) is 19.4. The Morgan fingerprint density at radius 3 is 2.25 bits per heavy atom. The fourth-order valence-corrected chi connectivity index (χ4v) is 4.88. The molecule has 3 aromatic rings. The monoisotopic (exact) mass is 545 g/mol. The van der Waals surface area contributed by atoms with Gasteiger partial charge in [-0.3, -0.25) is 14.4 Å². The Labute approximate surface area is 230 Å². The molecule has 3 N–H and O–H groups in total. The van der Waals surface area contributed by atoms with E-state index in [2.05, 4.69) is 22.0 Å². The number of rotatable bonds is 9. The lowest BCUT2D eigenvalue weighted by Gasteiger charge is -2.21. The number of amides is 2. The molecule has 2 atom stereocenters. The van der Waals surface area contributed by atoms with Gasteiger partial charge in [0.1, 0.15) is 11.3 Å². The van der Waals surface area contributed by atoms with Gasteiger partial charge in [0, 0.05) is 29.8 Å². The minimum absolute atomic E-state index is 0.0362. The van der Waals surface area contributed by atoms with Gasteiger partial charge >= 0.3 is 0 Å². The molecule has 1 aliphatic carbocycles. The van der Waals surface area contributed by atoms with Gasteiger partial charge < -0.3 is 20.7 Å². The van der Waals surface area contributed by atoms with Crippen molar-refractivity contribution < 1.29 is 27.9 Å². The van der Waals surface area contributed by atoms with Crippen LogP contribution >= 0.6 is 0 Å². The minimum atomic E-state index is -1.28. The molecule has 0 saturated carbocycles. The van der Waals surface area contributed by atoms with Crippen molar-refractivity contribution in [1.82, 2.24) is 16.0 Å². The molecule has 9 heteroatoms. The van der Waals surface area contributed by atoms with Crippen LogP contribution in [0.3, 0.4) is 0 Å². The van der Waals surface area contributed by atoms with Crippen LogP contribution in [0.4, 0.5) is 8.78 Å². The van der Waals surface area contributed by atoms with Crippen LogP contribution in [0.5, 0.6) is 5.75 Å². The van der Waals surface area contributed by atoms with Gasteiger partial charge in [-0.05, 0) is 60.4 Å². The molecular formula is C31H29F2N3O4. The Hall–Kier alpha value is -4.37. The number of carbonyl (C=O) groups excluding carboxylic acids is 3. The van der Waals surface area contributed by atoms with Crippen LogP contribution in [0.1, 0.15) is 61.1 Å². The fraction of sp³-hybridized carbons (Fsp3) is 0.258. The van der Waals surface area contributed by atoms with Crippen LogP contribution in [-0.2, 0) is 6.42 Å². The van der Waals surface area contributed by atoms with Gasteiger partial charge in [-0.25, -0.2) is 8.78 Å². The number of nitrogens with one attached hydrogen (secondary N) is 3. The minimum Gasteiger partial charge on any atom is -0.493 e. The van der Waals surface area contributed by atoms with Gasteiger partial charge in [-0.2, -0.15) is 0 Å². The molecule has 0 unspecified atom stereocenters. The van der Waals surface area contributed by atoms with Crippen molar-refractivity contribution in [2.45, 2.75) is 31.8 Å². The van der Waals surface area contributed by atoms with Crippen molar-refractivity contribution in [3.8, 4) is 5.75 Å². The molecular weight excluding hydrogens is 516 g/mol. The lowest BCUT2D eigenvalue weighted by Crippen LogP contribution is -2.51. The highest BCUT2D eigenvalue weighted by Gasteiger charge is 2.30. The predicted octanol–water partition coefficient (Wildman–Crippen LogP) is 4.05. The molecule has 1 saturated heterocycles. The van der Waals surface area contributed by atoms with Gasteiger partial charge in [0.25, 0.3) is 11.8 Å². The van der Waals surface area contributed by atoms with E-state index >= 15 is 0 Å². The maximum atomic E-state index is 14.6. The van der Waals surface area contributed by atoms with E-state index in [0.717, 1.165) is 23.6 Å². The number of benzene rings is 3. The second-order valence-electron chi connectivity index (χ2n) is 9.83. The summed E-state index contributed by atoms with van der Waals surface area (Å²) in [6.07, 6.45) is 5.52. The molecule has 0 bridgehead atoms. The predicted molar refractivity (Wildman–Crippen MR) is 147 cm³/mol. The number of halogens is 2. The maximum Gasteiger partial charge on any atom is 0.251 e. The summed E-state index contributed by atoms with van der Waals surface area (Å²) < 4.78 is 33.9. The second kappa shape index (κ2) is 11.8. The third-order valence-electron chi connectivity index (χ3n) is 7.04. The molecule has 206 valence electrons. The number of hydrogen-bond donors (Lipinski definition) is 3. The van der Waals surface area contributed by atoms with E-state index in [1.54, 1.807) is 6.07 Å². The fourth-order valence-electron chi connectivity index (χ4n) is 4.88. The Bertz CT molecular complexity index is 1490.